The summed E-state index contributed by atoms with van der Waals surface area (Å²) in [4.78, 5) is 25.8. The SMILES string of the molecule is CC(C)(C)c1cccc(N)c1.CCCCCCCCCCCCCCCCCCCC(=O)Cc1cccc(C(C)(C)C)c1.CCCCCCCCCCCCCCCCCCN=C=O. The van der Waals surface area contributed by atoms with Gasteiger partial charge in [-0.25, -0.2) is 9.79 Å². The van der Waals surface area contributed by atoms with E-state index in [2.05, 4.69) is 90.7 Å². The summed E-state index contributed by atoms with van der Waals surface area (Å²) in [6.07, 6.45) is 48.4. The average Bonchev–Trinajstić information content (AvgIpc) is 3.26. The summed E-state index contributed by atoms with van der Waals surface area (Å²) in [5.41, 5.74) is 10.6. The number of nitrogens with two attached hydrogens (primary N) is 1. The minimum absolute atomic E-state index is 0.145. The lowest BCUT2D eigenvalue weighted by molar-refractivity contribution is -0.118. The molecule has 2 aromatic rings. The first-order valence-corrected chi connectivity index (χ1v) is 27.4. The largest absolute Gasteiger partial charge is 0.399 e. The van der Waals surface area contributed by atoms with E-state index >= 15 is 0 Å². The maximum Gasteiger partial charge on any atom is 0.234 e. The second-order valence-electron chi connectivity index (χ2n) is 21.2. The molecule has 0 amide bonds. The molecular weight excluding hydrogens is 781 g/mol. The number of ketones is 1. The lowest BCUT2D eigenvalue weighted by atomic mass is 9.85. The number of rotatable bonds is 37. The van der Waals surface area contributed by atoms with Gasteiger partial charge in [0.25, 0.3) is 0 Å². The van der Waals surface area contributed by atoms with Gasteiger partial charge >= 0.3 is 0 Å². The van der Waals surface area contributed by atoms with Crippen LogP contribution in [0.4, 0.5) is 5.69 Å². The maximum atomic E-state index is 12.3. The molecular formula is C60H106N2O2. The molecule has 64 heavy (non-hydrogen) atoms. The van der Waals surface area contributed by atoms with Crippen LogP contribution in [0.25, 0.3) is 0 Å². The number of hydrogen-bond donors (Lipinski definition) is 1. The molecule has 4 heteroatoms. The van der Waals surface area contributed by atoms with Gasteiger partial charge in [0.05, 0.1) is 6.54 Å². The second kappa shape index (κ2) is 42.9. The number of anilines is 1. The Morgan fingerprint density at radius 3 is 1.12 bits per heavy atom. The number of carbonyl (C=O) groups excluding carboxylic acids is 2. The summed E-state index contributed by atoms with van der Waals surface area (Å²) in [6.45, 7) is 18.5. The zero-order valence-corrected chi connectivity index (χ0v) is 43.9. The standard InChI is InChI=1S/C31H54O.C19H37NO.C10H15N/c1-5-6-7-8-9-10-11-12-13-14-15-16-17-18-19-20-21-25-30(32)27-28-23-22-24-29(26-28)31(2,3)4;1-2-3-4-5-6-7-8-9-10-11-12-13-14-15-16-17-18-20-19-21;1-10(2,3)8-5-4-6-9(11)7-8/h22-24,26H,5-21,25,27H2,1-4H3;2-18H2,1H3;4-7H,11H2,1-3H3. The molecule has 4 nitrogen and oxygen atoms in total. The van der Waals surface area contributed by atoms with Crippen LogP contribution in [0.2, 0.25) is 0 Å². The zero-order chi connectivity index (χ0) is 47.4. The molecule has 0 aliphatic carbocycles. The minimum Gasteiger partial charge on any atom is -0.399 e. The van der Waals surface area contributed by atoms with E-state index in [0.29, 0.717) is 18.7 Å². The van der Waals surface area contributed by atoms with E-state index in [1.54, 1.807) is 6.08 Å². The highest BCUT2D eigenvalue weighted by Gasteiger charge is 2.15. The first kappa shape index (κ1) is 61.3. The van der Waals surface area contributed by atoms with Crippen LogP contribution in [0.1, 0.15) is 290 Å². The molecule has 2 aromatic carbocycles. The smallest absolute Gasteiger partial charge is 0.234 e. The predicted molar refractivity (Wildman–Crippen MR) is 285 cm³/mol. The van der Waals surface area contributed by atoms with Gasteiger partial charge in [-0.05, 0) is 52.5 Å². The monoisotopic (exact) mass is 887 g/mol. The average molecular weight is 888 g/mol. The molecule has 0 aliphatic rings. The first-order chi connectivity index (χ1) is 30.8. The molecule has 0 bridgehead atoms. The van der Waals surface area contributed by atoms with E-state index in [9.17, 15) is 9.59 Å². The molecule has 0 unspecified atom stereocenters. The number of carbonyl (C=O) groups is 1. The topological polar surface area (TPSA) is 72.5 Å². The van der Waals surface area contributed by atoms with Crippen molar-refractivity contribution in [2.24, 2.45) is 4.99 Å². The van der Waals surface area contributed by atoms with E-state index in [4.69, 9.17) is 5.73 Å². The molecule has 0 radical (unpaired) electrons. The highest BCUT2D eigenvalue weighted by Crippen LogP contribution is 2.25. The Morgan fingerprint density at radius 1 is 0.469 bits per heavy atom. The summed E-state index contributed by atoms with van der Waals surface area (Å²) in [5, 5.41) is 0. The van der Waals surface area contributed by atoms with Crippen molar-refractivity contribution in [2.75, 3.05) is 12.3 Å². The summed E-state index contributed by atoms with van der Waals surface area (Å²) in [6, 6.07) is 16.6. The van der Waals surface area contributed by atoms with Crippen LogP contribution < -0.4 is 5.73 Å². The van der Waals surface area contributed by atoms with Crippen LogP contribution in [0.15, 0.2) is 53.5 Å². The fraction of sp³-hybridized carbons (Fsp3) is 0.767. The summed E-state index contributed by atoms with van der Waals surface area (Å²) in [5.74, 6) is 0.400. The summed E-state index contributed by atoms with van der Waals surface area (Å²) < 4.78 is 0. The number of aliphatic imine (C=N–C) groups is 1. The molecule has 2 rings (SSSR count). The number of hydrogen-bond acceptors (Lipinski definition) is 4. The molecule has 368 valence electrons. The Balaban J connectivity index is 0.00000105. The zero-order valence-electron chi connectivity index (χ0n) is 43.9. The van der Waals surface area contributed by atoms with E-state index < -0.39 is 0 Å². The third kappa shape index (κ3) is 40.8. The Labute approximate surface area is 399 Å². The number of nitrogens with zero attached hydrogens (tertiary/aromatic N) is 1. The number of benzene rings is 2. The van der Waals surface area contributed by atoms with E-state index in [0.717, 1.165) is 24.9 Å². The molecule has 0 heterocycles. The van der Waals surface area contributed by atoms with Crippen molar-refractivity contribution in [1.29, 1.82) is 0 Å². The van der Waals surface area contributed by atoms with Crippen LogP contribution in [-0.4, -0.2) is 18.4 Å². The fourth-order valence-corrected chi connectivity index (χ4v) is 8.30. The van der Waals surface area contributed by atoms with Gasteiger partial charge < -0.3 is 5.73 Å². The van der Waals surface area contributed by atoms with E-state index in [1.807, 2.05) is 18.2 Å². The Morgan fingerprint density at radius 2 is 0.797 bits per heavy atom. The minimum atomic E-state index is 0.145. The third-order valence-corrected chi connectivity index (χ3v) is 12.7. The summed E-state index contributed by atoms with van der Waals surface area (Å²) >= 11 is 0. The highest BCUT2D eigenvalue weighted by molar-refractivity contribution is 5.80. The van der Waals surface area contributed by atoms with Crippen LogP contribution in [-0.2, 0) is 26.8 Å². The highest BCUT2D eigenvalue weighted by atomic mass is 16.1. The van der Waals surface area contributed by atoms with Crippen LogP contribution in [0.5, 0.6) is 0 Å². The Hall–Kier alpha value is -2.71. The van der Waals surface area contributed by atoms with Crippen molar-refractivity contribution >= 4 is 17.6 Å². The van der Waals surface area contributed by atoms with E-state index in [1.165, 1.54) is 216 Å². The molecule has 0 fully saturated rings. The van der Waals surface area contributed by atoms with Gasteiger partial charge in [0.1, 0.15) is 5.78 Å². The van der Waals surface area contributed by atoms with Crippen molar-refractivity contribution < 1.29 is 9.59 Å². The molecule has 0 atom stereocenters. The normalized spacial score (nSPS) is 11.3. The van der Waals surface area contributed by atoms with Crippen LogP contribution >= 0.6 is 0 Å². The number of isocyanates is 1. The van der Waals surface area contributed by atoms with Gasteiger partial charge in [-0.3, -0.25) is 4.79 Å². The van der Waals surface area contributed by atoms with Gasteiger partial charge in [0.15, 0.2) is 0 Å². The van der Waals surface area contributed by atoms with Gasteiger partial charge in [-0.1, -0.05) is 291 Å². The van der Waals surface area contributed by atoms with Crippen molar-refractivity contribution in [3.05, 3.63) is 65.2 Å². The van der Waals surface area contributed by atoms with Crippen molar-refractivity contribution in [1.82, 2.24) is 0 Å². The number of unbranched alkanes of at least 4 members (excludes halogenated alkanes) is 31. The van der Waals surface area contributed by atoms with Gasteiger partial charge in [-0.2, -0.15) is 0 Å². The molecule has 0 aromatic heterocycles. The maximum absolute atomic E-state index is 12.3. The Kier molecular flexibility index (Phi) is 41.1. The van der Waals surface area contributed by atoms with Gasteiger partial charge in [0, 0.05) is 18.5 Å². The van der Waals surface area contributed by atoms with Gasteiger partial charge in [0.2, 0.25) is 6.08 Å². The van der Waals surface area contributed by atoms with Crippen LogP contribution in [0, 0.1) is 0 Å². The summed E-state index contributed by atoms with van der Waals surface area (Å²) in [7, 11) is 0. The van der Waals surface area contributed by atoms with Crippen LogP contribution in [0.3, 0.4) is 0 Å². The lowest BCUT2D eigenvalue weighted by Crippen LogP contribution is -2.12. The van der Waals surface area contributed by atoms with Gasteiger partial charge in [-0.15, -0.1) is 0 Å². The fourth-order valence-electron chi connectivity index (χ4n) is 8.30. The van der Waals surface area contributed by atoms with Crippen molar-refractivity contribution in [3.8, 4) is 0 Å². The molecule has 0 spiro atoms. The molecule has 0 aliphatic heterocycles. The molecule has 0 saturated carbocycles. The Bertz CT molecular complexity index is 1380. The first-order valence-electron chi connectivity index (χ1n) is 27.4. The lowest BCUT2D eigenvalue weighted by Gasteiger charge is -2.19. The predicted octanol–water partition coefficient (Wildman–Crippen LogP) is 19.3. The van der Waals surface area contributed by atoms with Crippen molar-refractivity contribution in [2.45, 2.75) is 291 Å². The quantitative estimate of drug-likeness (QED) is 0.0318. The second-order valence-corrected chi connectivity index (χ2v) is 21.2. The molecule has 2 N–H and O–H groups in total. The van der Waals surface area contributed by atoms with E-state index in [-0.39, 0.29) is 10.8 Å². The number of Topliss-reactive ketones (excluding diaryl/α,β-unsaturated/α-hetero) is 1. The molecule has 0 saturated heterocycles. The third-order valence-electron chi connectivity index (χ3n) is 12.7. The number of nitrogen functional groups attached to an aromatic ring is 1. The van der Waals surface area contributed by atoms with Crippen molar-refractivity contribution in [3.63, 3.8) is 0 Å².